The average molecular weight is 531 g/mol. The minimum absolute atomic E-state index is 0.179. The van der Waals surface area contributed by atoms with Gasteiger partial charge in [-0.05, 0) is 81.7 Å². The van der Waals surface area contributed by atoms with Gasteiger partial charge < -0.3 is 14.6 Å². The highest BCUT2D eigenvalue weighted by molar-refractivity contribution is 9.10. The van der Waals surface area contributed by atoms with E-state index in [2.05, 4.69) is 36.9 Å². The zero-order valence-corrected chi connectivity index (χ0v) is 19.1. The number of carbonyl (C=O) groups is 1. The van der Waals surface area contributed by atoms with Gasteiger partial charge in [-0.3, -0.25) is 4.99 Å². The normalized spacial score (nSPS) is 11.2. The summed E-state index contributed by atoms with van der Waals surface area (Å²) < 4.78 is 12.3. The summed E-state index contributed by atoms with van der Waals surface area (Å²) in [5.74, 6) is 0.321. The van der Waals surface area contributed by atoms with Crippen molar-refractivity contribution in [3.63, 3.8) is 0 Å². The van der Waals surface area contributed by atoms with E-state index in [-0.39, 0.29) is 11.5 Å². The lowest BCUT2D eigenvalue weighted by Crippen LogP contribution is -2.06. The van der Waals surface area contributed by atoms with E-state index in [1.807, 2.05) is 24.3 Å². The molecule has 0 aliphatic heterocycles. The molecule has 5 nitrogen and oxygen atoms in total. The fraction of sp³-hybridized carbons (Fsp3) is 0.0435. The maximum Gasteiger partial charge on any atom is 0.336 e. The lowest BCUT2D eigenvalue weighted by molar-refractivity contribution is -0.129. The maximum atomic E-state index is 12.3. The summed E-state index contributed by atoms with van der Waals surface area (Å²) >= 11 is 6.82. The van der Waals surface area contributed by atoms with Crippen molar-refractivity contribution in [3.8, 4) is 17.2 Å². The van der Waals surface area contributed by atoms with Gasteiger partial charge in [0.15, 0.2) is 11.5 Å². The Labute approximate surface area is 190 Å². The van der Waals surface area contributed by atoms with Gasteiger partial charge in [-0.15, -0.1) is 0 Å². The minimum atomic E-state index is -0.528. The number of carbonyl (C=O) groups excluding carboxylic acids is 1. The van der Waals surface area contributed by atoms with Crippen LogP contribution in [0.15, 0.2) is 80.7 Å². The summed E-state index contributed by atoms with van der Waals surface area (Å²) in [7, 11) is 1.50. The number of hydrogen-bond acceptors (Lipinski definition) is 5. The number of rotatable bonds is 6. The van der Waals surface area contributed by atoms with Crippen LogP contribution in [0.1, 0.15) is 11.1 Å². The smallest absolute Gasteiger partial charge is 0.336 e. The van der Waals surface area contributed by atoms with Crippen LogP contribution in [0.2, 0.25) is 0 Å². The van der Waals surface area contributed by atoms with Crippen LogP contribution in [-0.2, 0) is 4.79 Å². The van der Waals surface area contributed by atoms with Crippen molar-refractivity contribution < 1.29 is 19.4 Å². The van der Waals surface area contributed by atoms with Gasteiger partial charge in [0.05, 0.1) is 17.3 Å². The van der Waals surface area contributed by atoms with Crippen molar-refractivity contribution in [1.82, 2.24) is 0 Å². The third-order valence-electron chi connectivity index (χ3n) is 3.93. The number of phenolic OH excluding ortho intramolecular Hbond substituents is 1. The molecule has 3 rings (SSSR count). The average Bonchev–Trinajstić information content (AvgIpc) is 2.73. The first-order valence-electron chi connectivity index (χ1n) is 8.80. The van der Waals surface area contributed by atoms with Crippen LogP contribution in [0.5, 0.6) is 17.2 Å². The molecular weight excluding hydrogens is 514 g/mol. The Morgan fingerprint density at radius 3 is 2.50 bits per heavy atom. The van der Waals surface area contributed by atoms with E-state index in [1.54, 1.807) is 48.7 Å². The highest BCUT2D eigenvalue weighted by atomic mass is 79.9. The van der Waals surface area contributed by atoms with Crippen molar-refractivity contribution in [3.05, 3.63) is 86.8 Å². The molecule has 0 saturated carbocycles. The third kappa shape index (κ3) is 6.05. The van der Waals surface area contributed by atoms with E-state index < -0.39 is 5.97 Å². The van der Waals surface area contributed by atoms with Crippen molar-refractivity contribution in [2.75, 3.05) is 7.11 Å². The number of nitrogens with zero attached hydrogens (tertiary/aromatic N) is 1. The first-order valence-corrected chi connectivity index (χ1v) is 10.4. The Morgan fingerprint density at radius 2 is 1.80 bits per heavy atom. The van der Waals surface area contributed by atoms with Crippen LogP contribution >= 0.6 is 31.9 Å². The SMILES string of the molecule is COc1cc(C=Nc2ccc(O)cc2)cc(Br)c1OC(=O)/C=C/c1cccc(Br)c1. The van der Waals surface area contributed by atoms with Crippen molar-refractivity contribution in [2.24, 2.45) is 4.99 Å². The third-order valence-corrected chi connectivity index (χ3v) is 5.01. The molecule has 0 aliphatic rings. The van der Waals surface area contributed by atoms with Gasteiger partial charge in [0.1, 0.15) is 5.75 Å². The van der Waals surface area contributed by atoms with Crippen molar-refractivity contribution >= 4 is 55.8 Å². The molecule has 0 fully saturated rings. The molecule has 1 N–H and O–H groups in total. The predicted molar refractivity (Wildman–Crippen MR) is 125 cm³/mol. The van der Waals surface area contributed by atoms with Crippen LogP contribution in [0, 0.1) is 0 Å². The molecule has 3 aromatic rings. The molecule has 0 radical (unpaired) electrons. The molecule has 0 saturated heterocycles. The summed E-state index contributed by atoms with van der Waals surface area (Å²) in [5, 5.41) is 9.34. The molecule has 152 valence electrons. The molecule has 0 aliphatic carbocycles. The van der Waals surface area contributed by atoms with Gasteiger partial charge >= 0.3 is 5.97 Å². The number of aliphatic imine (C=N–C) groups is 1. The van der Waals surface area contributed by atoms with Crippen LogP contribution in [0.4, 0.5) is 5.69 Å². The zero-order valence-electron chi connectivity index (χ0n) is 15.9. The summed E-state index contributed by atoms with van der Waals surface area (Å²) in [6.45, 7) is 0. The monoisotopic (exact) mass is 529 g/mol. The molecule has 0 bridgehead atoms. The van der Waals surface area contributed by atoms with Crippen LogP contribution in [0.25, 0.3) is 6.08 Å². The van der Waals surface area contributed by atoms with Gasteiger partial charge in [-0.1, -0.05) is 28.1 Å². The first kappa shape index (κ1) is 21.8. The van der Waals surface area contributed by atoms with E-state index >= 15 is 0 Å². The Morgan fingerprint density at radius 1 is 1.03 bits per heavy atom. The van der Waals surface area contributed by atoms with Gasteiger partial charge in [0.25, 0.3) is 0 Å². The lowest BCUT2D eigenvalue weighted by atomic mass is 10.2. The quantitative estimate of drug-likeness (QED) is 0.176. The van der Waals surface area contributed by atoms with E-state index in [1.165, 1.54) is 13.2 Å². The molecule has 0 aromatic heterocycles. The minimum Gasteiger partial charge on any atom is -0.508 e. The fourth-order valence-corrected chi connectivity index (χ4v) is 3.47. The highest BCUT2D eigenvalue weighted by Gasteiger charge is 2.14. The number of aromatic hydroxyl groups is 1. The highest BCUT2D eigenvalue weighted by Crippen LogP contribution is 2.36. The molecule has 0 unspecified atom stereocenters. The first-order chi connectivity index (χ1) is 14.4. The number of hydrogen-bond donors (Lipinski definition) is 1. The van der Waals surface area contributed by atoms with E-state index in [9.17, 15) is 9.90 Å². The number of halogens is 2. The molecule has 0 atom stereocenters. The van der Waals surface area contributed by atoms with Crippen molar-refractivity contribution in [2.45, 2.75) is 0 Å². The van der Waals surface area contributed by atoms with E-state index in [4.69, 9.17) is 9.47 Å². The number of esters is 1. The lowest BCUT2D eigenvalue weighted by Gasteiger charge is -2.11. The Hall–Kier alpha value is -2.90. The predicted octanol–water partition coefficient (Wildman–Crippen LogP) is 6.30. The Balaban J connectivity index is 1.76. The Kier molecular flexibility index (Phi) is 7.43. The number of ether oxygens (including phenoxy) is 2. The topological polar surface area (TPSA) is 68.1 Å². The summed E-state index contributed by atoms with van der Waals surface area (Å²) in [6.07, 6.45) is 4.68. The summed E-state index contributed by atoms with van der Waals surface area (Å²) in [6, 6.07) is 17.6. The largest absolute Gasteiger partial charge is 0.508 e. The molecule has 0 amide bonds. The number of benzene rings is 3. The second-order valence-corrected chi connectivity index (χ2v) is 7.89. The second kappa shape index (κ2) is 10.2. The second-order valence-electron chi connectivity index (χ2n) is 6.12. The standard InChI is InChI=1S/C23H17Br2NO4/c1-29-21-13-16(14-26-18-6-8-19(27)9-7-18)12-20(25)23(21)30-22(28)10-5-15-3-2-4-17(24)11-15/h2-14,27H,1H3/b10-5+,26-14?. The van der Waals surface area contributed by atoms with Gasteiger partial charge in [-0.25, -0.2) is 4.79 Å². The van der Waals surface area contributed by atoms with Crippen LogP contribution < -0.4 is 9.47 Å². The molecule has 0 heterocycles. The van der Waals surface area contributed by atoms with Gasteiger partial charge in [0, 0.05) is 16.8 Å². The van der Waals surface area contributed by atoms with E-state index in [0.717, 1.165) is 15.6 Å². The maximum absolute atomic E-state index is 12.3. The summed E-state index contributed by atoms with van der Waals surface area (Å²) in [5.41, 5.74) is 2.31. The number of methoxy groups -OCH3 is 1. The molecule has 30 heavy (non-hydrogen) atoms. The summed E-state index contributed by atoms with van der Waals surface area (Å²) in [4.78, 5) is 16.6. The van der Waals surface area contributed by atoms with Crippen LogP contribution in [0.3, 0.4) is 0 Å². The molecule has 3 aromatic carbocycles. The number of phenols is 1. The zero-order chi connectivity index (χ0) is 21.5. The molecule has 0 spiro atoms. The van der Waals surface area contributed by atoms with Crippen LogP contribution in [-0.4, -0.2) is 24.4 Å². The Bertz CT molecular complexity index is 1110. The van der Waals surface area contributed by atoms with E-state index in [0.29, 0.717) is 15.9 Å². The van der Waals surface area contributed by atoms with Crippen molar-refractivity contribution in [1.29, 1.82) is 0 Å². The fourth-order valence-electron chi connectivity index (χ4n) is 2.51. The molecule has 7 heteroatoms. The van der Waals surface area contributed by atoms with Gasteiger partial charge in [0.2, 0.25) is 0 Å². The molecular formula is C23H17Br2NO4. The van der Waals surface area contributed by atoms with Gasteiger partial charge in [-0.2, -0.15) is 0 Å².